The van der Waals surface area contributed by atoms with Crippen LogP contribution in [0, 0.1) is 5.92 Å². The Morgan fingerprint density at radius 3 is 3.00 bits per heavy atom. The zero-order valence-corrected chi connectivity index (χ0v) is 8.61. The van der Waals surface area contributed by atoms with E-state index in [4.69, 9.17) is 11.6 Å². The van der Waals surface area contributed by atoms with Crippen LogP contribution < -0.4 is 0 Å². The minimum absolute atomic E-state index is 0.299. The fourth-order valence-corrected chi connectivity index (χ4v) is 3.08. The molecule has 0 saturated heterocycles. The summed E-state index contributed by atoms with van der Waals surface area (Å²) in [5.41, 5.74) is 2.46. The number of aliphatic imine (C=N–C) groups is 1. The molecule has 1 aliphatic carbocycles. The Morgan fingerprint density at radius 2 is 2.07 bits per heavy atom. The van der Waals surface area contributed by atoms with Crippen molar-refractivity contribution < 1.29 is 0 Å². The average Bonchev–Trinajstić information content (AvgIpc) is 2.61. The van der Waals surface area contributed by atoms with Crippen LogP contribution in [0.5, 0.6) is 0 Å². The van der Waals surface area contributed by atoms with E-state index in [0.717, 1.165) is 12.1 Å². The number of fused-ring (bicyclic) bond motifs is 3. The summed E-state index contributed by atoms with van der Waals surface area (Å²) in [5.74, 6) is 1.08. The average molecular weight is 206 g/mol. The Balaban J connectivity index is 2.12. The van der Waals surface area contributed by atoms with E-state index in [1.807, 2.05) is 6.07 Å². The van der Waals surface area contributed by atoms with Crippen molar-refractivity contribution in [1.29, 1.82) is 0 Å². The maximum absolute atomic E-state index is 6.35. The second kappa shape index (κ2) is 3.09. The highest BCUT2D eigenvalue weighted by atomic mass is 35.5. The number of nitrogens with zero attached hydrogens (tertiary/aromatic N) is 1. The van der Waals surface area contributed by atoms with Crippen LogP contribution in [-0.4, -0.2) is 11.6 Å². The van der Waals surface area contributed by atoms with Crippen molar-refractivity contribution in [2.45, 2.75) is 24.1 Å². The number of hydrogen-bond donors (Lipinski definition) is 0. The van der Waals surface area contributed by atoms with Gasteiger partial charge in [-0.2, -0.15) is 0 Å². The van der Waals surface area contributed by atoms with Gasteiger partial charge in [0.15, 0.2) is 0 Å². The summed E-state index contributed by atoms with van der Waals surface area (Å²) in [6.45, 7) is 0. The fourth-order valence-electron chi connectivity index (χ4n) is 2.63. The summed E-state index contributed by atoms with van der Waals surface area (Å²) in [6, 6.07) is 8.36. The Hall–Kier alpha value is -0.820. The van der Waals surface area contributed by atoms with Crippen molar-refractivity contribution in [3.63, 3.8) is 0 Å². The topological polar surface area (TPSA) is 12.4 Å². The highest BCUT2D eigenvalue weighted by Gasteiger charge is 2.37. The highest BCUT2D eigenvalue weighted by molar-refractivity contribution is 6.21. The van der Waals surface area contributed by atoms with Gasteiger partial charge in [0.25, 0.3) is 0 Å². The maximum atomic E-state index is 6.35. The van der Waals surface area contributed by atoms with Crippen molar-refractivity contribution in [1.82, 2.24) is 0 Å². The summed E-state index contributed by atoms with van der Waals surface area (Å²) in [6.07, 6.45) is 4.41. The Bertz CT molecular complexity index is 386. The zero-order valence-electron chi connectivity index (χ0n) is 7.86. The molecule has 1 aromatic rings. The molecule has 3 rings (SSSR count). The van der Waals surface area contributed by atoms with Crippen LogP contribution >= 0.6 is 11.6 Å². The molecule has 0 aromatic heterocycles. The van der Waals surface area contributed by atoms with Gasteiger partial charge in [0.1, 0.15) is 0 Å². The molecule has 1 fully saturated rings. The molecule has 0 radical (unpaired) electrons. The van der Waals surface area contributed by atoms with Crippen molar-refractivity contribution in [2.75, 3.05) is 0 Å². The summed E-state index contributed by atoms with van der Waals surface area (Å²) in [4.78, 5) is 4.49. The van der Waals surface area contributed by atoms with E-state index in [1.165, 1.54) is 12.0 Å². The van der Waals surface area contributed by atoms with E-state index in [2.05, 4.69) is 29.4 Å². The molecule has 1 heterocycles. The number of rotatable bonds is 0. The van der Waals surface area contributed by atoms with Crippen LogP contribution in [0.15, 0.2) is 29.3 Å². The molecule has 1 nitrogen and oxygen atoms in total. The second-order valence-corrected chi connectivity index (χ2v) is 4.68. The van der Waals surface area contributed by atoms with Gasteiger partial charge < -0.3 is 0 Å². The third-order valence-electron chi connectivity index (χ3n) is 3.33. The molecule has 14 heavy (non-hydrogen) atoms. The van der Waals surface area contributed by atoms with Crippen LogP contribution in [-0.2, 0) is 0 Å². The standard InChI is InChI=1S/C12H12ClN/c13-10-6-5-8-7-14-11-4-2-1-3-9(11)12(8)10/h1-4,7-8,10,12H,5-6H2. The van der Waals surface area contributed by atoms with E-state index >= 15 is 0 Å². The number of halogens is 1. The number of hydrogen-bond acceptors (Lipinski definition) is 1. The van der Waals surface area contributed by atoms with E-state index in [1.54, 1.807) is 0 Å². The first-order chi connectivity index (χ1) is 6.86. The molecule has 2 aliphatic rings. The van der Waals surface area contributed by atoms with Gasteiger partial charge in [-0.1, -0.05) is 18.2 Å². The van der Waals surface area contributed by atoms with Crippen molar-refractivity contribution in [3.8, 4) is 0 Å². The maximum Gasteiger partial charge on any atom is 0.0661 e. The Labute approximate surface area is 88.8 Å². The van der Waals surface area contributed by atoms with Crippen LogP contribution in [0.3, 0.4) is 0 Å². The molecule has 2 heteroatoms. The molecule has 1 aliphatic heterocycles. The largest absolute Gasteiger partial charge is 0.261 e. The number of alkyl halides is 1. The first-order valence-electron chi connectivity index (χ1n) is 5.13. The van der Waals surface area contributed by atoms with Crippen LogP contribution in [0.2, 0.25) is 0 Å². The fraction of sp³-hybridized carbons (Fsp3) is 0.417. The van der Waals surface area contributed by atoms with Gasteiger partial charge in [-0.25, -0.2) is 0 Å². The van der Waals surface area contributed by atoms with Crippen LogP contribution in [0.25, 0.3) is 0 Å². The smallest absolute Gasteiger partial charge is 0.0661 e. The predicted molar refractivity (Wildman–Crippen MR) is 59.7 cm³/mol. The van der Waals surface area contributed by atoms with E-state index in [0.29, 0.717) is 17.2 Å². The van der Waals surface area contributed by atoms with Crippen LogP contribution in [0.4, 0.5) is 5.69 Å². The Kier molecular flexibility index (Phi) is 1.88. The van der Waals surface area contributed by atoms with E-state index < -0.39 is 0 Å². The molecule has 72 valence electrons. The first-order valence-corrected chi connectivity index (χ1v) is 5.57. The molecule has 0 bridgehead atoms. The van der Waals surface area contributed by atoms with Gasteiger partial charge in [0.05, 0.1) is 5.69 Å². The second-order valence-electron chi connectivity index (χ2n) is 4.12. The highest BCUT2D eigenvalue weighted by Crippen LogP contribution is 2.47. The van der Waals surface area contributed by atoms with Gasteiger partial charge in [0.2, 0.25) is 0 Å². The molecular formula is C12H12ClN. The minimum Gasteiger partial charge on any atom is -0.261 e. The third kappa shape index (κ3) is 1.12. The van der Waals surface area contributed by atoms with Gasteiger partial charge in [-0.15, -0.1) is 11.6 Å². The normalized spacial score (nSPS) is 33.9. The minimum atomic E-state index is 0.299. The van der Waals surface area contributed by atoms with Gasteiger partial charge in [-0.05, 0) is 24.5 Å². The van der Waals surface area contributed by atoms with E-state index in [-0.39, 0.29) is 0 Å². The first kappa shape index (κ1) is 8.49. The lowest BCUT2D eigenvalue weighted by Crippen LogP contribution is -2.17. The lowest BCUT2D eigenvalue weighted by atomic mass is 9.86. The van der Waals surface area contributed by atoms with Crippen molar-refractivity contribution >= 4 is 23.5 Å². The molecule has 0 spiro atoms. The van der Waals surface area contributed by atoms with E-state index in [9.17, 15) is 0 Å². The SMILES string of the molecule is ClC1CCC2C=Nc3ccccc3C12. The van der Waals surface area contributed by atoms with Gasteiger partial charge >= 0.3 is 0 Å². The molecule has 3 unspecified atom stereocenters. The third-order valence-corrected chi connectivity index (χ3v) is 3.82. The van der Waals surface area contributed by atoms with Gasteiger partial charge in [0, 0.05) is 23.4 Å². The van der Waals surface area contributed by atoms with Crippen molar-refractivity contribution in [3.05, 3.63) is 29.8 Å². The van der Waals surface area contributed by atoms with Gasteiger partial charge in [-0.3, -0.25) is 4.99 Å². The summed E-state index contributed by atoms with van der Waals surface area (Å²) >= 11 is 6.35. The predicted octanol–water partition coefficient (Wildman–Crippen LogP) is 3.50. The summed E-state index contributed by atoms with van der Waals surface area (Å²) in [5, 5.41) is 0.299. The summed E-state index contributed by atoms with van der Waals surface area (Å²) < 4.78 is 0. The molecule has 1 saturated carbocycles. The summed E-state index contributed by atoms with van der Waals surface area (Å²) in [7, 11) is 0. The lowest BCUT2D eigenvalue weighted by Gasteiger charge is -2.24. The lowest BCUT2D eigenvalue weighted by molar-refractivity contribution is 0.630. The molecule has 0 amide bonds. The Morgan fingerprint density at radius 1 is 1.21 bits per heavy atom. The zero-order chi connectivity index (χ0) is 9.54. The molecule has 1 aromatic carbocycles. The molecular weight excluding hydrogens is 194 g/mol. The number of benzene rings is 1. The molecule has 3 atom stereocenters. The van der Waals surface area contributed by atoms with Crippen molar-refractivity contribution in [2.24, 2.45) is 10.9 Å². The molecule has 0 N–H and O–H groups in total. The quantitative estimate of drug-likeness (QED) is 0.575. The monoisotopic (exact) mass is 205 g/mol. The van der Waals surface area contributed by atoms with Crippen LogP contribution in [0.1, 0.15) is 24.3 Å². The number of para-hydroxylation sites is 1.